The molecule has 18 heavy (non-hydrogen) atoms. The Morgan fingerprint density at radius 1 is 1.56 bits per heavy atom. The number of carbonyl (C=O) groups excluding carboxylic acids is 1. The largest absolute Gasteiger partial charge is 0.618 e. The number of halogens is 1. The molecule has 1 aromatic rings. The van der Waals surface area contributed by atoms with Crippen LogP contribution >= 0.6 is 11.6 Å². The third-order valence-electron chi connectivity index (χ3n) is 3.01. The lowest BCUT2D eigenvalue weighted by atomic mass is 9.90. The summed E-state index contributed by atoms with van der Waals surface area (Å²) >= 11 is 5.99. The van der Waals surface area contributed by atoms with Gasteiger partial charge in [-0.1, -0.05) is 6.08 Å². The molecule has 0 aromatic carbocycles. The summed E-state index contributed by atoms with van der Waals surface area (Å²) in [6.45, 7) is 0.233. The van der Waals surface area contributed by atoms with Gasteiger partial charge in [-0.05, 0) is 23.9 Å². The van der Waals surface area contributed by atoms with E-state index in [0.29, 0.717) is 15.9 Å². The molecule has 0 radical (unpaired) electrons. The molecule has 1 aromatic heterocycles. The molecule has 3 heterocycles. The Balaban J connectivity index is 2.11. The molecule has 2 aliphatic heterocycles. The van der Waals surface area contributed by atoms with Crippen LogP contribution in [0.3, 0.4) is 0 Å². The molecule has 6 heteroatoms. The Labute approximate surface area is 108 Å². The van der Waals surface area contributed by atoms with Crippen LogP contribution in [0.5, 0.6) is 0 Å². The van der Waals surface area contributed by atoms with Crippen LogP contribution in [0.1, 0.15) is 11.5 Å². The molecule has 3 rings (SSSR count). The maximum atomic E-state index is 11.7. The third-order valence-corrected chi connectivity index (χ3v) is 3.40. The van der Waals surface area contributed by atoms with E-state index in [1.807, 2.05) is 0 Å². The first-order chi connectivity index (χ1) is 8.68. The maximum absolute atomic E-state index is 11.7. The van der Waals surface area contributed by atoms with Crippen molar-refractivity contribution >= 4 is 17.6 Å². The van der Waals surface area contributed by atoms with Gasteiger partial charge in [-0.25, -0.2) is 4.79 Å². The number of hydrogen-bond acceptors (Lipinski definition) is 4. The van der Waals surface area contributed by atoms with E-state index in [9.17, 15) is 10.0 Å². The summed E-state index contributed by atoms with van der Waals surface area (Å²) in [6.07, 6.45) is 4.83. The predicted octanol–water partition coefficient (Wildman–Crippen LogP) is 0.985. The van der Waals surface area contributed by atoms with Gasteiger partial charge in [0.15, 0.2) is 6.20 Å². The first-order valence-electron chi connectivity index (χ1n) is 5.39. The van der Waals surface area contributed by atoms with E-state index in [1.54, 1.807) is 24.4 Å². The zero-order chi connectivity index (χ0) is 12.7. The zero-order valence-corrected chi connectivity index (χ0v) is 9.98. The fraction of sp³-hybridized carbons (Fsp3) is 0.167. The van der Waals surface area contributed by atoms with E-state index in [4.69, 9.17) is 16.3 Å². The number of esters is 1. The number of rotatable bonds is 1. The number of carbonyl (C=O) groups is 1. The Morgan fingerprint density at radius 3 is 3.22 bits per heavy atom. The smallest absolute Gasteiger partial charge is 0.337 e. The lowest BCUT2D eigenvalue weighted by molar-refractivity contribution is -0.603. The zero-order valence-electron chi connectivity index (χ0n) is 9.22. The van der Waals surface area contributed by atoms with Gasteiger partial charge in [0.2, 0.25) is 0 Å². The molecule has 92 valence electrons. The van der Waals surface area contributed by atoms with Crippen LogP contribution in [0.2, 0.25) is 5.15 Å². The monoisotopic (exact) mass is 264 g/mol. The van der Waals surface area contributed by atoms with Crippen molar-refractivity contribution in [3.05, 3.63) is 57.8 Å². The molecule has 0 spiro atoms. The predicted molar refractivity (Wildman–Crippen MR) is 63.4 cm³/mol. The van der Waals surface area contributed by atoms with E-state index in [0.717, 1.165) is 5.70 Å². The van der Waals surface area contributed by atoms with Crippen molar-refractivity contribution in [2.45, 2.75) is 5.92 Å². The van der Waals surface area contributed by atoms with E-state index in [1.165, 1.54) is 6.20 Å². The number of nitrogens with one attached hydrogen (secondary N) is 1. The van der Waals surface area contributed by atoms with Gasteiger partial charge >= 0.3 is 5.97 Å². The Bertz CT molecular complexity index is 595. The van der Waals surface area contributed by atoms with Crippen molar-refractivity contribution in [3.8, 4) is 0 Å². The highest BCUT2D eigenvalue weighted by atomic mass is 35.5. The molecule has 2 aliphatic rings. The first-order valence-corrected chi connectivity index (χ1v) is 5.77. The highest BCUT2D eigenvalue weighted by molar-refractivity contribution is 6.29. The van der Waals surface area contributed by atoms with Crippen molar-refractivity contribution in [1.82, 2.24) is 5.32 Å². The Kier molecular flexibility index (Phi) is 2.48. The molecular formula is C12H9ClN2O3. The third kappa shape index (κ3) is 1.55. The fourth-order valence-corrected chi connectivity index (χ4v) is 2.41. The first kappa shape index (κ1) is 11.1. The van der Waals surface area contributed by atoms with Gasteiger partial charge < -0.3 is 15.3 Å². The summed E-state index contributed by atoms with van der Waals surface area (Å²) in [5.41, 5.74) is 1.84. The second kappa shape index (κ2) is 4.03. The Morgan fingerprint density at radius 2 is 2.39 bits per heavy atom. The number of dihydropyridines is 1. The summed E-state index contributed by atoms with van der Waals surface area (Å²) in [7, 11) is 0. The van der Waals surface area contributed by atoms with Crippen molar-refractivity contribution in [2.75, 3.05) is 6.61 Å². The second-order valence-corrected chi connectivity index (χ2v) is 4.39. The van der Waals surface area contributed by atoms with Crippen molar-refractivity contribution in [1.29, 1.82) is 0 Å². The normalized spacial score (nSPS) is 21.6. The van der Waals surface area contributed by atoms with Gasteiger partial charge in [-0.2, -0.15) is 4.73 Å². The van der Waals surface area contributed by atoms with E-state index in [-0.39, 0.29) is 23.6 Å². The number of pyridine rings is 1. The molecule has 0 amide bonds. The number of aromatic nitrogens is 1. The summed E-state index contributed by atoms with van der Waals surface area (Å²) in [5.74, 6) is -0.714. The van der Waals surface area contributed by atoms with Crippen molar-refractivity contribution in [2.24, 2.45) is 0 Å². The highest BCUT2D eigenvalue weighted by Crippen LogP contribution is 2.35. The maximum Gasteiger partial charge on any atom is 0.337 e. The Hall–Kier alpha value is -2.01. The van der Waals surface area contributed by atoms with E-state index >= 15 is 0 Å². The van der Waals surface area contributed by atoms with Crippen molar-refractivity contribution in [3.63, 3.8) is 0 Å². The van der Waals surface area contributed by atoms with E-state index < -0.39 is 0 Å². The number of nitrogens with zero attached hydrogens (tertiary/aromatic N) is 1. The van der Waals surface area contributed by atoms with Gasteiger partial charge in [0.25, 0.3) is 5.15 Å². The molecular weight excluding hydrogens is 256 g/mol. The van der Waals surface area contributed by atoms with Crippen LogP contribution in [0, 0.1) is 5.21 Å². The molecule has 0 bridgehead atoms. The summed E-state index contributed by atoms with van der Waals surface area (Å²) < 4.78 is 5.55. The number of ether oxygens (including phenoxy) is 1. The molecule has 0 saturated heterocycles. The summed E-state index contributed by atoms with van der Waals surface area (Å²) in [6, 6.07) is 3.33. The number of allylic oxidation sites excluding steroid dienone is 1. The van der Waals surface area contributed by atoms with Gasteiger partial charge in [-0.15, -0.1) is 0 Å². The highest BCUT2D eigenvalue weighted by Gasteiger charge is 2.35. The minimum Gasteiger partial charge on any atom is -0.618 e. The van der Waals surface area contributed by atoms with Crippen molar-refractivity contribution < 1.29 is 14.3 Å². The molecule has 1 N–H and O–H groups in total. The standard InChI is InChI=1S/C12H9ClN2O3/c13-11-8(2-1-5-15(11)17)7-3-4-14-9-6-18-12(16)10(7)9/h1-5,7,14H,6H2. The van der Waals surface area contributed by atoms with Gasteiger partial charge in [0.05, 0.1) is 11.3 Å². The SMILES string of the molecule is O=C1OCC2=C1C(c1ccc[n+]([O-])c1Cl)C=CN2. The minimum atomic E-state index is -0.371. The molecule has 0 saturated carbocycles. The van der Waals surface area contributed by atoms with Crippen LogP contribution in [0.15, 0.2) is 41.9 Å². The van der Waals surface area contributed by atoms with Crippen LogP contribution in [-0.2, 0) is 9.53 Å². The molecule has 0 fully saturated rings. The fourth-order valence-electron chi connectivity index (χ4n) is 2.17. The summed E-state index contributed by atoms with van der Waals surface area (Å²) in [5, 5.41) is 14.5. The topological polar surface area (TPSA) is 65.3 Å². The van der Waals surface area contributed by atoms with E-state index in [2.05, 4.69) is 5.32 Å². The van der Waals surface area contributed by atoms with Crippen LogP contribution < -0.4 is 10.0 Å². The summed E-state index contributed by atoms with van der Waals surface area (Å²) in [4.78, 5) is 11.7. The lowest BCUT2D eigenvalue weighted by Gasteiger charge is -2.18. The minimum absolute atomic E-state index is 0.0700. The van der Waals surface area contributed by atoms with Crippen LogP contribution in [-0.4, -0.2) is 12.6 Å². The van der Waals surface area contributed by atoms with Gasteiger partial charge in [0.1, 0.15) is 6.61 Å². The molecule has 5 nitrogen and oxygen atoms in total. The number of hydrogen-bond donors (Lipinski definition) is 1. The van der Waals surface area contributed by atoms with Crippen LogP contribution in [0.4, 0.5) is 0 Å². The second-order valence-electron chi connectivity index (χ2n) is 4.03. The molecule has 0 aliphatic carbocycles. The van der Waals surface area contributed by atoms with Gasteiger partial charge in [0, 0.05) is 17.5 Å². The average Bonchev–Trinajstić information content (AvgIpc) is 2.75. The molecule has 1 atom stereocenters. The number of cyclic esters (lactones) is 1. The van der Waals surface area contributed by atoms with Crippen LogP contribution in [0.25, 0.3) is 0 Å². The van der Waals surface area contributed by atoms with Gasteiger partial charge in [-0.3, -0.25) is 0 Å². The lowest BCUT2D eigenvalue weighted by Crippen LogP contribution is -2.29. The quantitative estimate of drug-likeness (QED) is 0.355. The average molecular weight is 265 g/mol. The molecule has 1 unspecified atom stereocenters.